The average molecular weight is 384 g/mol. The fraction of sp³-hybridized carbons (Fsp3) is 0.261. The Morgan fingerprint density at radius 1 is 0.931 bits per heavy atom. The van der Waals surface area contributed by atoms with Gasteiger partial charge in [0.25, 0.3) is 0 Å². The third kappa shape index (κ3) is 3.20. The predicted octanol–water partition coefficient (Wildman–Crippen LogP) is 3.84. The molecule has 146 valence electrons. The van der Waals surface area contributed by atoms with Crippen molar-refractivity contribution in [1.29, 1.82) is 0 Å². The van der Waals surface area contributed by atoms with Crippen LogP contribution in [-0.4, -0.2) is 45.4 Å². The van der Waals surface area contributed by atoms with Gasteiger partial charge in [-0.3, -0.25) is 0 Å². The van der Waals surface area contributed by atoms with Crippen LogP contribution in [0.3, 0.4) is 0 Å². The highest BCUT2D eigenvalue weighted by atomic mass is 15.3. The molecular formula is C23H24N6. The summed E-state index contributed by atoms with van der Waals surface area (Å²) in [6.45, 7) is 7.22. The number of anilines is 2. The van der Waals surface area contributed by atoms with Gasteiger partial charge in [-0.2, -0.15) is 5.10 Å². The van der Waals surface area contributed by atoms with Gasteiger partial charge < -0.3 is 9.80 Å². The largest absolute Gasteiger partial charge is 0.365 e. The molecule has 0 amide bonds. The van der Waals surface area contributed by atoms with E-state index in [1.165, 1.54) is 11.3 Å². The van der Waals surface area contributed by atoms with Gasteiger partial charge in [0.1, 0.15) is 12.1 Å². The Hall–Kier alpha value is -3.41. The fourth-order valence-corrected chi connectivity index (χ4v) is 4.18. The van der Waals surface area contributed by atoms with Gasteiger partial charge in [-0.05, 0) is 43.7 Å². The first-order valence-electron chi connectivity index (χ1n) is 10.0. The van der Waals surface area contributed by atoms with Gasteiger partial charge in [0, 0.05) is 31.4 Å². The van der Waals surface area contributed by atoms with Crippen molar-refractivity contribution in [1.82, 2.24) is 19.7 Å². The summed E-state index contributed by atoms with van der Waals surface area (Å²) in [5.41, 5.74) is 4.43. The monoisotopic (exact) mass is 384 g/mol. The van der Waals surface area contributed by atoms with Crippen molar-refractivity contribution in [2.75, 3.05) is 29.4 Å². The highest BCUT2D eigenvalue weighted by Gasteiger charge is 2.26. The van der Waals surface area contributed by atoms with E-state index >= 15 is 0 Å². The summed E-state index contributed by atoms with van der Waals surface area (Å²) >= 11 is 0. The average Bonchev–Trinajstić information content (AvgIpc) is 3.18. The molecule has 29 heavy (non-hydrogen) atoms. The maximum absolute atomic E-state index is 4.63. The summed E-state index contributed by atoms with van der Waals surface area (Å²) in [5, 5.41) is 5.58. The third-order valence-electron chi connectivity index (χ3n) is 5.61. The van der Waals surface area contributed by atoms with Crippen molar-refractivity contribution in [2.45, 2.75) is 19.9 Å². The van der Waals surface area contributed by atoms with E-state index in [1.807, 2.05) is 41.2 Å². The van der Waals surface area contributed by atoms with E-state index in [9.17, 15) is 0 Å². The number of hydrogen-bond donors (Lipinski definition) is 0. The van der Waals surface area contributed by atoms with Crippen LogP contribution < -0.4 is 9.80 Å². The minimum atomic E-state index is 0.389. The van der Waals surface area contributed by atoms with Gasteiger partial charge in [0.2, 0.25) is 0 Å². The lowest BCUT2D eigenvalue weighted by Crippen LogP contribution is -2.52. The predicted molar refractivity (Wildman–Crippen MR) is 117 cm³/mol. The van der Waals surface area contributed by atoms with Gasteiger partial charge in [-0.15, -0.1) is 0 Å². The molecule has 5 rings (SSSR count). The quantitative estimate of drug-likeness (QED) is 0.537. The zero-order valence-corrected chi connectivity index (χ0v) is 16.7. The number of rotatable bonds is 3. The van der Waals surface area contributed by atoms with E-state index in [4.69, 9.17) is 0 Å². The standard InChI is InChI=1S/C23H24N6/c1-17-7-6-10-20(13-17)28-12-11-27(15-18(28)2)22-21-14-26-29(23(21)25-16-24-22)19-8-4-3-5-9-19/h3-10,13-14,16,18H,11-12,15H2,1-2H3. The number of piperazine rings is 1. The van der Waals surface area contributed by atoms with Crippen LogP contribution in [0.4, 0.5) is 11.5 Å². The van der Waals surface area contributed by atoms with E-state index in [-0.39, 0.29) is 0 Å². The molecule has 4 aromatic rings. The normalized spacial score (nSPS) is 17.1. The lowest BCUT2D eigenvalue weighted by atomic mass is 10.1. The van der Waals surface area contributed by atoms with Crippen LogP contribution in [-0.2, 0) is 0 Å². The molecule has 1 aliphatic heterocycles. The Morgan fingerprint density at radius 2 is 1.76 bits per heavy atom. The van der Waals surface area contributed by atoms with Crippen molar-refractivity contribution < 1.29 is 0 Å². The van der Waals surface area contributed by atoms with E-state index < -0.39 is 0 Å². The van der Waals surface area contributed by atoms with Crippen molar-refractivity contribution in [2.24, 2.45) is 0 Å². The SMILES string of the molecule is Cc1cccc(N2CCN(c3ncnc4c3cnn4-c3ccccc3)CC2C)c1. The third-order valence-corrected chi connectivity index (χ3v) is 5.61. The second-order valence-corrected chi connectivity index (χ2v) is 7.65. The molecule has 1 aliphatic rings. The second kappa shape index (κ2) is 7.20. The topological polar surface area (TPSA) is 50.1 Å². The summed E-state index contributed by atoms with van der Waals surface area (Å²) in [6.07, 6.45) is 3.53. The first-order valence-corrected chi connectivity index (χ1v) is 10.0. The fourth-order valence-electron chi connectivity index (χ4n) is 4.18. The maximum atomic E-state index is 4.63. The van der Waals surface area contributed by atoms with Crippen LogP contribution in [0.2, 0.25) is 0 Å². The van der Waals surface area contributed by atoms with Crippen molar-refractivity contribution in [3.63, 3.8) is 0 Å². The Morgan fingerprint density at radius 3 is 2.55 bits per heavy atom. The summed E-state index contributed by atoms with van der Waals surface area (Å²) in [6, 6.07) is 19.2. The first-order chi connectivity index (χ1) is 14.2. The molecule has 2 aromatic heterocycles. The van der Waals surface area contributed by atoms with E-state index in [2.05, 4.69) is 63.0 Å². The summed E-state index contributed by atoms with van der Waals surface area (Å²) in [5.74, 6) is 0.966. The van der Waals surface area contributed by atoms with Crippen molar-refractivity contribution in [3.05, 3.63) is 72.7 Å². The first kappa shape index (κ1) is 17.7. The second-order valence-electron chi connectivity index (χ2n) is 7.65. The lowest BCUT2D eigenvalue weighted by molar-refractivity contribution is 0.548. The molecule has 3 heterocycles. The summed E-state index contributed by atoms with van der Waals surface area (Å²) < 4.78 is 1.88. The molecule has 6 heteroatoms. The van der Waals surface area contributed by atoms with Gasteiger partial charge >= 0.3 is 0 Å². The molecule has 0 N–H and O–H groups in total. The molecule has 0 bridgehead atoms. The molecule has 0 radical (unpaired) electrons. The Kier molecular flexibility index (Phi) is 4.39. The van der Waals surface area contributed by atoms with Gasteiger partial charge in [0.05, 0.1) is 17.3 Å². The number of para-hydroxylation sites is 1. The van der Waals surface area contributed by atoms with Crippen molar-refractivity contribution >= 4 is 22.5 Å². The van der Waals surface area contributed by atoms with Gasteiger partial charge in [0.15, 0.2) is 5.65 Å². The van der Waals surface area contributed by atoms with Crippen LogP contribution in [0.1, 0.15) is 12.5 Å². The highest BCUT2D eigenvalue weighted by Crippen LogP contribution is 2.28. The van der Waals surface area contributed by atoms with Crippen LogP contribution in [0.15, 0.2) is 67.1 Å². The summed E-state index contributed by atoms with van der Waals surface area (Å²) in [7, 11) is 0. The lowest BCUT2D eigenvalue weighted by Gasteiger charge is -2.42. The zero-order valence-electron chi connectivity index (χ0n) is 16.7. The van der Waals surface area contributed by atoms with E-state index in [0.29, 0.717) is 6.04 Å². The molecule has 6 nitrogen and oxygen atoms in total. The van der Waals surface area contributed by atoms with E-state index in [1.54, 1.807) is 6.33 Å². The maximum Gasteiger partial charge on any atom is 0.168 e. The molecule has 1 saturated heterocycles. The van der Waals surface area contributed by atoms with Crippen LogP contribution in [0.5, 0.6) is 0 Å². The van der Waals surface area contributed by atoms with Gasteiger partial charge in [-0.1, -0.05) is 30.3 Å². The van der Waals surface area contributed by atoms with E-state index in [0.717, 1.165) is 42.2 Å². The molecule has 1 atom stereocenters. The molecular weight excluding hydrogens is 360 g/mol. The minimum Gasteiger partial charge on any atom is -0.365 e. The minimum absolute atomic E-state index is 0.389. The number of fused-ring (bicyclic) bond motifs is 1. The number of benzene rings is 2. The number of nitrogens with zero attached hydrogens (tertiary/aromatic N) is 6. The number of aryl methyl sites for hydroxylation is 1. The van der Waals surface area contributed by atoms with Gasteiger partial charge in [-0.25, -0.2) is 14.6 Å². The Labute approximate surface area is 170 Å². The number of hydrogen-bond acceptors (Lipinski definition) is 5. The molecule has 0 aliphatic carbocycles. The van der Waals surface area contributed by atoms with Crippen LogP contribution >= 0.6 is 0 Å². The molecule has 2 aromatic carbocycles. The highest BCUT2D eigenvalue weighted by molar-refractivity contribution is 5.87. The molecule has 0 spiro atoms. The summed E-state index contributed by atoms with van der Waals surface area (Å²) in [4.78, 5) is 14.0. The zero-order chi connectivity index (χ0) is 19.8. The Bertz CT molecular complexity index is 1140. The molecule has 0 saturated carbocycles. The Balaban J connectivity index is 1.44. The molecule has 1 fully saturated rings. The van der Waals surface area contributed by atoms with Crippen molar-refractivity contribution in [3.8, 4) is 5.69 Å². The van der Waals surface area contributed by atoms with Crippen LogP contribution in [0, 0.1) is 6.92 Å². The molecule has 1 unspecified atom stereocenters. The van der Waals surface area contributed by atoms with Crippen LogP contribution in [0.25, 0.3) is 16.7 Å². The smallest absolute Gasteiger partial charge is 0.168 e. The number of aromatic nitrogens is 4.